The fourth-order valence-electron chi connectivity index (χ4n) is 9.03. The smallest absolute Gasteiger partial charge is 0.346 e. The van der Waals surface area contributed by atoms with E-state index in [0.717, 1.165) is 57.7 Å². The molecule has 8 aromatic rings. The van der Waals surface area contributed by atoms with Gasteiger partial charge in [-0.2, -0.15) is 5.26 Å². The number of para-hydroxylation sites is 1. The molecule has 58 heavy (non-hydrogen) atoms. The van der Waals surface area contributed by atoms with Crippen LogP contribution in [0.15, 0.2) is 181 Å². The van der Waals surface area contributed by atoms with Gasteiger partial charge in [0, 0.05) is 38.9 Å². The summed E-state index contributed by atoms with van der Waals surface area (Å²) in [5.74, 6) is -1.24. The summed E-state index contributed by atoms with van der Waals surface area (Å²) in [4.78, 5) is 16.3. The molecule has 1 aliphatic carbocycles. The molecule has 0 saturated heterocycles. The topological polar surface area (TPSA) is 67.6 Å². The molecule has 1 N–H and O–H groups in total. The molecule has 0 heterocycles. The minimum Gasteiger partial charge on any atom is -0.477 e. The van der Waals surface area contributed by atoms with Crippen molar-refractivity contribution in [2.45, 2.75) is 32.1 Å². The zero-order valence-corrected chi connectivity index (χ0v) is 32.4. The zero-order valence-electron chi connectivity index (χ0n) is 32.4. The molecule has 0 aliphatic heterocycles. The van der Waals surface area contributed by atoms with Gasteiger partial charge in [-0.05, 0) is 118 Å². The molecule has 5 heteroatoms. The highest BCUT2D eigenvalue weighted by Gasteiger charge is 2.41. The van der Waals surface area contributed by atoms with Crippen LogP contribution in [0.2, 0.25) is 0 Å². The summed E-state index contributed by atoms with van der Waals surface area (Å²) in [5.41, 5.74) is 11.6. The minimum atomic E-state index is -1.24. The van der Waals surface area contributed by atoms with E-state index in [1.807, 2.05) is 24.3 Å². The van der Waals surface area contributed by atoms with Crippen molar-refractivity contribution in [1.29, 1.82) is 5.26 Å². The summed E-state index contributed by atoms with van der Waals surface area (Å²) in [6, 6.07) is 64.0. The van der Waals surface area contributed by atoms with Crippen LogP contribution in [0.4, 0.5) is 34.1 Å². The third kappa shape index (κ3) is 6.07. The van der Waals surface area contributed by atoms with Crippen molar-refractivity contribution < 1.29 is 9.90 Å². The van der Waals surface area contributed by atoms with E-state index >= 15 is 0 Å². The van der Waals surface area contributed by atoms with Gasteiger partial charge in [-0.25, -0.2) is 4.79 Å². The van der Waals surface area contributed by atoms with Crippen molar-refractivity contribution in [3.05, 3.63) is 198 Å². The number of anilines is 6. The molecule has 0 atom stereocenters. The van der Waals surface area contributed by atoms with Gasteiger partial charge < -0.3 is 14.9 Å². The van der Waals surface area contributed by atoms with Gasteiger partial charge in [0.05, 0.1) is 11.4 Å². The van der Waals surface area contributed by atoms with E-state index in [4.69, 9.17) is 0 Å². The molecule has 1 aliphatic rings. The largest absolute Gasteiger partial charge is 0.477 e. The number of hydrogen-bond donors (Lipinski definition) is 1. The van der Waals surface area contributed by atoms with Crippen LogP contribution in [0.25, 0.3) is 38.7 Å². The molecule has 8 aromatic carbocycles. The maximum absolute atomic E-state index is 11.6. The summed E-state index contributed by atoms with van der Waals surface area (Å²) >= 11 is 0. The van der Waals surface area contributed by atoms with Crippen molar-refractivity contribution in [2.24, 2.45) is 0 Å². The van der Waals surface area contributed by atoms with Crippen LogP contribution in [0.1, 0.15) is 43.4 Å². The van der Waals surface area contributed by atoms with Crippen LogP contribution in [-0.2, 0) is 10.2 Å². The first-order valence-electron chi connectivity index (χ1n) is 19.8. The fraction of sp³-hybridized carbons (Fsp3) is 0.0943. The lowest BCUT2D eigenvalue weighted by molar-refractivity contribution is -0.132. The standard InChI is InChI=1S/C53H41N3O2/c1-3-53(4-2)48-33-42(55(40-18-6-5-7-19-40)50-22-12-16-37-14-8-10-20-44(37)50)28-30-46(48)47-31-29-43(34-49(47)53)56(51-23-13-17-38-15-9-11-21-45(38)51)41-26-24-36(25-27-41)32-39(35-54)52(57)58/h5-34H,3-4H2,1-2H3,(H,57,58)/b39-32+. The lowest BCUT2D eigenvalue weighted by Gasteiger charge is -2.33. The van der Waals surface area contributed by atoms with Crippen LogP contribution < -0.4 is 9.80 Å². The monoisotopic (exact) mass is 751 g/mol. The number of benzene rings is 8. The van der Waals surface area contributed by atoms with Gasteiger partial charge in [0.25, 0.3) is 0 Å². The number of fused-ring (bicyclic) bond motifs is 5. The molecule has 5 nitrogen and oxygen atoms in total. The number of nitrogens with zero attached hydrogens (tertiary/aromatic N) is 3. The SMILES string of the molecule is CCC1(CC)c2cc(N(c3ccccc3)c3cccc4ccccc34)ccc2-c2ccc(N(c3ccc(/C=C(\C#N)C(=O)O)cc3)c3cccc4ccccc34)cc21. The van der Waals surface area contributed by atoms with E-state index in [1.165, 1.54) is 39.1 Å². The maximum atomic E-state index is 11.6. The number of carboxylic acids is 1. The lowest BCUT2D eigenvalue weighted by atomic mass is 9.73. The van der Waals surface area contributed by atoms with Crippen molar-refractivity contribution in [3.63, 3.8) is 0 Å². The normalized spacial score (nSPS) is 12.8. The average molecular weight is 752 g/mol. The summed E-state index contributed by atoms with van der Waals surface area (Å²) in [5, 5.41) is 23.5. The van der Waals surface area contributed by atoms with Gasteiger partial charge in [-0.3, -0.25) is 0 Å². The molecule has 0 bridgehead atoms. The van der Waals surface area contributed by atoms with Crippen LogP contribution >= 0.6 is 0 Å². The van der Waals surface area contributed by atoms with E-state index in [0.29, 0.717) is 5.56 Å². The lowest BCUT2D eigenvalue weighted by Crippen LogP contribution is -2.24. The van der Waals surface area contributed by atoms with Crippen LogP contribution in [0.5, 0.6) is 0 Å². The Labute approximate surface area is 339 Å². The molecule has 9 rings (SSSR count). The van der Waals surface area contributed by atoms with Gasteiger partial charge in [0.2, 0.25) is 0 Å². The van der Waals surface area contributed by atoms with Crippen molar-refractivity contribution in [3.8, 4) is 17.2 Å². The van der Waals surface area contributed by atoms with E-state index in [9.17, 15) is 15.2 Å². The van der Waals surface area contributed by atoms with Gasteiger partial charge in [0.15, 0.2) is 0 Å². The van der Waals surface area contributed by atoms with E-state index in [-0.39, 0.29) is 11.0 Å². The maximum Gasteiger partial charge on any atom is 0.346 e. The third-order valence-electron chi connectivity index (χ3n) is 11.9. The van der Waals surface area contributed by atoms with Crippen LogP contribution in [0.3, 0.4) is 0 Å². The van der Waals surface area contributed by atoms with E-state index in [2.05, 4.69) is 175 Å². The molecular formula is C53H41N3O2. The highest BCUT2D eigenvalue weighted by atomic mass is 16.4. The van der Waals surface area contributed by atoms with Gasteiger partial charge in [-0.15, -0.1) is 0 Å². The fourth-order valence-corrected chi connectivity index (χ4v) is 9.03. The molecule has 0 saturated carbocycles. The van der Waals surface area contributed by atoms with Crippen LogP contribution in [0, 0.1) is 11.3 Å². The van der Waals surface area contributed by atoms with Crippen molar-refractivity contribution in [2.75, 3.05) is 9.80 Å². The highest BCUT2D eigenvalue weighted by Crippen LogP contribution is 2.56. The number of hydrogen-bond acceptors (Lipinski definition) is 4. The Balaban J connectivity index is 1.20. The van der Waals surface area contributed by atoms with Gasteiger partial charge >= 0.3 is 5.97 Å². The zero-order chi connectivity index (χ0) is 39.8. The van der Waals surface area contributed by atoms with Gasteiger partial charge in [0.1, 0.15) is 11.6 Å². The Kier molecular flexibility index (Phi) is 9.32. The second-order valence-electron chi connectivity index (χ2n) is 14.8. The Morgan fingerprint density at radius 1 is 0.569 bits per heavy atom. The number of carboxylic acid groups (broad SMARTS) is 1. The molecule has 280 valence electrons. The number of carbonyl (C=O) groups is 1. The first-order chi connectivity index (χ1) is 28.4. The first kappa shape index (κ1) is 36.2. The summed E-state index contributed by atoms with van der Waals surface area (Å²) in [6.45, 7) is 4.62. The number of aliphatic carboxylic acids is 1. The number of rotatable bonds is 10. The predicted molar refractivity (Wildman–Crippen MR) is 239 cm³/mol. The number of nitriles is 1. The third-order valence-corrected chi connectivity index (χ3v) is 11.9. The van der Waals surface area contributed by atoms with Crippen LogP contribution in [-0.4, -0.2) is 11.1 Å². The summed E-state index contributed by atoms with van der Waals surface area (Å²) in [6.07, 6.45) is 3.26. The van der Waals surface area contributed by atoms with Gasteiger partial charge in [-0.1, -0.05) is 129 Å². The molecule has 0 spiro atoms. The quantitative estimate of drug-likeness (QED) is 0.111. The van der Waals surface area contributed by atoms with Crippen molar-refractivity contribution >= 4 is 67.7 Å². The Hall–Kier alpha value is -7.42. The molecule has 0 aromatic heterocycles. The minimum absolute atomic E-state index is 0.235. The second kappa shape index (κ2) is 14.9. The van der Waals surface area contributed by atoms with E-state index < -0.39 is 5.97 Å². The average Bonchev–Trinajstić information content (AvgIpc) is 3.55. The predicted octanol–water partition coefficient (Wildman–Crippen LogP) is 14.0. The molecule has 0 unspecified atom stereocenters. The Morgan fingerprint density at radius 3 is 1.50 bits per heavy atom. The molecular weight excluding hydrogens is 711 g/mol. The Morgan fingerprint density at radius 2 is 1.02 bits per heavy atom. The second-order valence-corrected chi connectivity index (χ2v) is 14.8. The van der Waals surface area contributed by atoms with E-state index in [1.54, 1.807) is 6.07 Å². The summed E-state index contributed by atoms with van der Waals surface area (Å²) in [7, 11) is 0. The highest BCUT2D eigenvalue weighted by molar-refractivity contribution is 6.01. The molecule has 0 radical (unpaired) electrons. The van der Waals surface area contributed by atoms with Crippen molar-refractivity contribution in [1.82, 2.24) is 0 Å². The first-order valence-corrected chi connectivity index (χ1v) is 19.8. The summed E-state index contributed by atoms with van der Waals surface area (Å²) < 4.78 is 0. The molecule has 0 amide bonds. The Bertz CT molecular complexity index is 2910. The molecule has 0 fully saturated rings.